The molecule has 0 aromatic rings. The van der Waals surface area contributed by atoms with Crippen LogP contribution in [-0.2, 0) is 4.79 Å². The Balaban J connectivity index is 0. The van der Waals surface area contributed by atoms with Crippen molar-refractivity contribution in [1.82, 2.24) is 0 Å². The first-order valence-corrected chi connectivity index (χ1v) is 1.76. The minimum atomic E-state index is -1.40. The summed E-state index contributed by atoms with van der Waals surface area (Å²) in [5, 5.41) is 16.2. The first-order valence-electron chi connectivity index (χ1n) is 1.76. The van der Waals surface area contributed by atoms with Gasteiger partial charge in [-0.25, -0.2) is 0 Å². The predicted octanol–water partition coefficient (Wildman–Crippen LogP) is -3.00. The third kappa shape index (κ3) is 3.54. The number of carbonyl (C=O) groups is 1. The molecular formula is C3H9NO4. The van der Waals surface area contributed by atoms with Gasteiger partial charge in [-0.3, -0.25) is 4.79 Å². The highest BCUT2D eigenvalue weighted by Gasteiger charge is 2.06. The molecule has 0 aliphatic rings. The molecule has 8 heavy (non-hydrogen) atoms. The van der Waals surface area contributed by atoms with Crippen LogP contribution in [0.2, 0.25) is 0 Å². The maximum absolute atomic E-state index is 9.74. The Morgan fingerprint density at radius 2 is 2.12 bits per heavy atom. The van der Waals surface area contributed by atoms with Crippen molar-refractivity contribution in [2.45, 2.75) is 6.10 Å². The van der Waals surface area contributed by atoms with E-state index in [-0.39, 0.29) is 5.48 Å². The summed E-state index contributed by atoms with van der Waals surface area (Å²) in [4.78, 5) is 9.74. The largest absolute Gasteiger partial charge is 0.412 e. The molecular weight excluding hydrogens is 114 g/mol. The number of hydrogen-bond acceptors (Lipinski definition) is 3. The third-order valence-corrected chi connectivity index (χ3v) is 0.501. The Morgan fingerprint density at radius 1 is 1.75 bits per heavy atom. The van der Waals surface area contributed by atoms with Crippen LogP contribution >= 0.6 is 0 Å². The van der Waals surface area contributed by atoms with Gasteiger partial charge in [0.2, 0.25) is 5.91 Å². The van der Waals surface area contributed by atoms with Crippen LogP contribution in [0.3, 0.4) is 0 Å². The molecule has 5 nitrogen and oxygen atoms in total. The highest BCUT2D eigenvalue weighted by molar-refractivity contribution is 5.78. The van der Waals surface area contributed by atoms with Gasteiger partial charge in [0.15, 0.2) is 6.10 Å². The van der Waals surface area contributed by atoms with Gasteiger partial charge in [-0.1, -0.05) is 0 Å². The molecule has 0 saturated heterocycles. The first-order chi connectivity index (χ1) is 3.18. The monoisotopic (exact) mass is 123 g/mol. The smallest absolute Gasteiger partial charge is 0.248 e. The van der Waals surface area contributed by atoms with Crippen molar-refractivity contribution in [1.29, 1.82) is 0 Å². The van der Waals surface area contributed by atoms with Gasteiger partial charge < -0.3 is 21.4 Å². The maximum Gasteiger partial charge on any atom is 0.248 e. The molecule has 1 atom stereocenters. The van der Waals surface area contributed by atoms with E-state index in [9.17, 15) is 4.79 Å². The molecule has 0 fully saturated rings. The van der Waals surface area contributed by atoms with E-state index >= 15 is 0 Å². The van der Waals surface area contributed by atoms with E-state index in [4.69, 9.17) is 10.2 Å². The molecule has 0 heterocycles. The molecule has 0 aromatic carbocycles. The lowest BCUT2D eigenvalue weighted by atomic mass is 10.4. The summed E-state index contributed by atoms with van der Waals surface area (Å²) in [5.41, 5.74) is 4.50. The van der Waals surface area contributed by atoms with Gasteiger partial charge in [0, 0.05) is 0 Å². The summed E-state index contributed by atoms with van der Waals surface area (Å²) in [6, 6.07) is 0. The second-order valence-electron chi connectivity index (χ2n) is 1.10. The van der Waals surface area contributed by atoms with Gasteiger partial charge >= 0.3 is 0 Å². The van der Waals surface area contributed by atoms with Gasteiger partial charge in [0.25, 0.3) is 0 Å². The van der Waals surface area contributed by atoms with Crippen LogP contribution in [-0.4, -0.2) is 34.3 Å². The average Bonchev–Trinajstić information content (AvgIpc) is 1.65. The Labute approximate surface area is 46.0 Å². The van der Waals surface area contributed by atoms with Crippen molar-refractivity contribution in [3.8, 4) is 0 Å². The summed E-state index contributed by atoms with van der Waals surface area (Å²) >= 11 is 0. The standard InChI is InChI=1S/C3H7NO3.H2O/c4-3(7)2(6)1-5;/h2,5-6H,1H2,(H2,4,7);1H2. The number of aliphatic hydroxyl groups excluding tert-OH is 2. The fourth-order valence-electron chi connectivity index (χ4n) is 0.0900. The molecule has 0 rings (SSSR count). The fourth-order valence-corrected chi connectivity index (χ4v) is 0.0900. The Bertz CT molecular complexity index is 73.7. The predicted molar refractivity (Wildman–Crippen MR) is 25.9 cm³/mol. The molecule has 0 aliphatic heterocycles. The Morgan fingerprint density at radius 3 is 2.12 bits per heavy atom. The topological polar surface area (TPSA) is 115 Å². The normalized spacial score (nSPS) is 11.8. The second-order valence-corrected chi connectivity index (χ2v) is 1.10. The zero-order valence-corrected chi connectivity index (χ0v) is 4.16. The van der Waals surface area contributed by atoms with Crippen LogP contribution in [0.1, 0.15) is 0 Å². The van der Waals surface area contributed by atoms with E-state index in [1.54, 1.807) is 0 Å². The van der Waals surface area contributed by atoms with Crippen LogP contribution in [0.25, 0.3) is 0 Å². The lowest BCUT2D eigenvalue weighted by Crippen LogP contribution is -2.30. The summed E-state index contributed by atoms with van der Waals surface area (Å²) in [6.07, 6.45) is -1.40. The van der Waals surface area contributed by atoms with Gasteiger partial charge in [-0.15, -0.1) is 0 Å². The van der Waals surface area contributed by atoms with E-state index in [1.807, 2.05) is 0 Å². The van der Waals surface area contributed by atoms with Crippen molar-refractivity contribution < 1.29 is 20.5 Å². The number of rotatable bonds is 2. The van der Waals surface area contributed by atoms with Crippen molar-refractivity contribution in [2.75, 3.05) is 6.61 Å². The van der Waals surface area contributed by atoms with E-state index in [1.165, 1.54) is 0 Å². The molecule has 5 heteroatoms. The molecule has 0 saturated carbocycles. The molecule has 0 aromatic heterocycles. The number of aliphatic hydroxyl groups is 2. The lowest BCUT2D eigenvalue weighted by Gasteiger charge is -1.96. The summed E-state index contributed by atoms with van der Waals surface area (Å²) in [5.74, 6) is -0.900. The van der Waals surface area contributed by atoms with Crippen molar-refractivity contribution >= 4 is 5.91 Å². The molecule has 0 radical (unpaired) electrons. The van der Waals surface area contributed by atoms with Gasteiger partial charge in [-0.2, -0.15) is 0 Å². The van der Waals surface area contributed by atoms with Crippen LogP contribution in [0.5, 0.6) is 0 Å². The van der Waals surface area contributed by atoms with Crippen molar-refractivity contribution in [3.63, 3.8) is 0 Å². The van der Waals surface area contributed by atoms with Crippen LogP contribution < -0.4 is 5.73 Å². The molecule has 0 spiro atoms. The summed E-state index contributed by atoms with van der Waals surface area (Å²) in [7, 11) is 0. The minimum absolute atomic E-state index is 0. The lowest BCUT2D eigenvalue weighted by molar-refractivity contribution is -0.127. The van der Waals surface area contributed by atoms with Gasteiger partial charge in [0.05, 0.1) is 6.61 Å². The second kappa shape index (κ2) is 4.51. The average molecular weight is 123 g/mol. The SMILES string of the molecule is NC(=O)C(O)CO.O. The Hall–Kier alpha value is -0.650. The van der Waals surface area contributed by atoms with E-state index in [0.29, 0.717) is 0 Å². The van der Waals surface area contributed by atoms with Crippen LogP contribution in [0, 0.1) is 0 Å². The van der Waals surface area contributed by atoms with Gasteiger partial charge in [0.1, 0.15) is 0 Å². The molecule has 1 amide bonds. The van der Waals surface area contributed by atoms with Gasteiger partial charge in [-0.05, 0) is 0 Å². The molecule has 0 bridgehead atoms. The quantitative estimate of drug-likeness (QED) is 0.363. The van der Waals surface area contributed by atoms with E-state index < -0.39 is 18.6 Å². The number of primary amides is 1. The van der Waals surface area contributed by atoms with E-state index in [2.05, 4.69) is 5.73 Å². The molecule has 0 aliphatic carbocycles. The zero-order chi connectivity index (χ0) is 5.86. The highest BCUT2D eigenvalue weighted by atomic mass is 16.3. The van der Waals surface area contributed by atoms with E-state index in [0.717, 1.165) is 0 Å². The third-order valence-electron chi connectivity index (χ3n) is 0.501. The highest BCUT2D eigenvalue weighted by Crippen LogP contribution is 1.73. The van der Waals surface area contributed by atoms with Crippen LogP contribution in [0.4, 0.5) is 0 Å². The zero-order valence-electron chi connectivity index (χ0n) is 4.16. The molecule has 50 valence electrons. The molecule has 1 unspecified atom stereocenters. The Kier molecular flexibility index (Phi) is 5.83. The van der Waals surface area contributed by atoms with Crippen molar-refractivity contribution in [3.05, 3.63) is 0 Å². The summed E-state index contributed by atoms with van der Waals surface area (Å²) in [6.45, 7) is -0.602. The first kappa shape index (κ1) is 10.4. The van der Waals surface area contributed by atoms with Crippen molar-refractivity contribution in [2.24, 2.45) is 5.73 Å². The van der Waals surface area contributed by atoms with Crippen LogP contribution in [0.15, 0.2) is 0 Å². The number of hydrogen-bond donors (Lipinski definition) is 3. The fraction of sp³-hybridized carbons (Fsp3) is 0.667. The number of carbonyl (C=O) groups excluding carboxylic acids is 1. The number of amides is 1. The number of nitrogens with two attached hydrogens (primary N) is 1. The summed E-state index contributed by atoms with van der Waals surface area (Å²) < 4.78 is 0. The maximum atomic E-state index is 9.74. The molecule has 6 N–H and O–H groups in total. The minimum Gasteiger partial charge on any atom is -0.412 e.